The van der Waals surface area contributed by atoms with Gasteiger partial charge in [0.25, 0.3) is 0 Å². The predicted octanol–water partition coefficient (Wildman–Crippen LogP) is 6.49. The molecule has 2 aromatic heterocycles. The van der Waals surface area contributed by atoms with Crippen LogP contribution in [0.15, 0.2) is 97.2 Å². The Labute approximate surface area is 227 Å². The van der Waals surface area contributed by atoms with Crippen molar-refractivity contribution < 1.29 is 9.18 Å². The normalized spacial score (nSPS) is 14.4. The fraction of sp³-hybridized carbons (Fsp3) is 0.188. The molecule has 0 spiro atoms. The lowest BCUT2D eigenvalue weighted by Gasteiger charge is -2.31. The van der Waals surface area contributed by atoms with Crippen molar-refractivity contribution in [2.24, 2.45) is 0 Å². The zero-order valence-corrected chi connectivity index (χ0v) is 22.0. The number of urea groups is 1. The van der Waals surface area contributed by atoms with E-state index in [0.29, 0.717) is 13.1 Å². The summed E-state index contributed by atoms with van der Waals surface area (Å²) >= 11 is 0. The van der Waals surface area contributed by atoms with Gasteiger partial charge in [-0.2, -0.15) is 5.10 Å². The average Bonchev–Trinajstić information content (AvgIpc) is 3.53. The molecular weight excluding hydrogens is 489 g/mol. The second-order valence-corrected chi connectivity index (χ2v) is 9.85. The molecule has 3 heterocycles. The summed E-state index contributed by atoms with van der Waals surface area (Å²) in [7, 11) is 0. The number of hydrogen-bond donors (Lipinski definition) is 1. The molecule has 7 heteroatoms. The van der Waals surface area contributed by atoms with Crippen molar-refractivity contribution in [3.8, 4) is 11.5 Å². The van der Waals surface area contributed by atoms with Gasteiger partial charge in [-0.15, -0.1) is 0 Å². The molecule has 5 aromatic rings. The van der Waals surface area contributed by atoms with Gasteiger partial charge in [-0.25, -0.2) is 13.9 Å². The van der Waals surface area contributed by atoms with Crippen molar-refractivity contribution in [2.75, 3.05) is 0 Å². The zero-order chi connectivity index (χ0) is 26.9. The number of aryl methyl sites for hydroxylation is 2. The Morgan fingerprint density at radius 2 is 1.67 bits per heavy atom. The van der Waals surface area contributed by atoms with Gasteiger partial charge < -0.3 is 14.8 Å². The zero-order valence-electron chi connectivity index (χ0n) is 22.0. The Morgan fingerprint density at radius 3 is 2.38 bits per heavy atom. The summed E-state index contributed by atoms with van der Waals surface area (Å²) < 4.78 is 17.5. The van der Waals surface area contributed by atoms with E-state index in [0.717, 1.165) is 46.0 Å². The minimum Gasteiger partial charge on any atom is -0.334 e. The molecule has 6 nitrogen and oxygen atoms in total. The molecule has 3 aromatic carbocycles. The molecule has 0 saturated heterocycles. The van der Waals surface area contributed by atoms with Crippen LogP contribution >= 0.6 is 0 Å². The van der Waals surface area contributed by atoms with Gasteiger partial charge in [0.05, 0.1) is 29.7 Å². The molecule has 0 bridgehead atoms. The molecule has 1 atom stereocenters. The largest absolute Gasteiger partial charge is 0.334 e. The molecule has 6 rings (SSSR count). The van der Waals surface area contributed by atoms with Crippen LogP contribution in [-0.4, -0.2) is 25.3 Å². The lowest BCUT2D eigenvalue weighted by molar-refractivity contribution is 0.180. The number of rotatable bonds is 5. The standard InChI is InChI=1S/C32H30FN5O/c1-3-23-11-15-25(16-12-23)30-29-10-7-19-36(29)31-28(22(2)35-38(31)27-8-5-4-6-9-27)21-37(30)32(39)34-20-24-13-17-26(33)18-14-24/h4-19,30H,3,20-21H2,1-2H3,(H,34,39). The van der Waals surface area contributed by atoms with Crippen LogP contribution in [0.2, 0.25) is 0 Å². The first-order valence-corrected chi connectivity index (χ1v) is 13.2. The third kappa shape index (κ3) is 4.61. The van der Waals surface area contributed by atoms with E-state index >= 15 is 0 Å². The van der Waals surface area contributed by atoms with Crippen molar-refractivity contribution in [2.45, 2.75) is 39.4 Å². The summed E-state index contributed by atoms with van der Waals surface area (Å²) in [5.41, 5.74) is 6.90. The van der Waals surface area contributed by atoms with Crippen LogP contribution in [-0.2, 0) is 19.5 Å². The SMILES string of the molecule is CCc1ccc(C2c3cccn3-c3c(c(C)nn3-c3ccccc3)CN2C(=O)NCc2ccc(F)cc2)cc1. The second kappa shape index (κ2) is 10.3. The molecule has 0 aliphatic carbocycles. The molecule has 39 heavy (non-hydrogen) atoms. The lowest BCUT2D eigenvalue weighted by Crippen LogP contribution is -2.41. The van der Waals surface area contributed by atoms with E-state index in [2.05, 4.69) is 47.1 Å². The van der Waals surface area contributed by atoms with Crippen LogP contribution in [0, 0.1) is 12.7 Å². The topological polar surface area (TPSA) is 55.1 Å². The summed E-state index contributed by atoms with van der Waals surface area (Å²) in [6, 6.07) is 28.3. The van der Waals surface area contributed by atoms with Gasteiger partial charge in [0, 0.05) is 18.3 Å². The first kappa shape index (κ1) is 24.7. The third-order valence-electron chi connectivity index (χ3n) is 7.41. The third-order valence-corrected chi connectivity index (χ3v) is 7.41. The highest BCUT2D eigenvalue weighted by atomic mass is 19.1. The van der Waals surface area contributed by atoms with E-state index in [-0.39, 0.29) is 17.9 Å². The van der Waals surface area contributed by atoms with Gasteiger partial charge in [0.2, 0.25) is 0 Å². The molecule has 0 radical (unpaired) electrons. The molecule has 1 N–H and O–H groups in total. The minimum atomic E-state index is -0.324. The van der Waals surface area contributed by atoms with E-state index in [4.69, 9.17) is 5.10 Å². The minimum absolute atomic E-state index is 0.198. The van der Waals surface area contributed by atoms with Gasteiger partial charge >= 0.3 is 6.03 Å². The van der Waals surface area contributed by atoms with Crippen LogP contribution in [0.1, 0.15) is 46.6 Å². The van der Waals surface area contributed by atoms with E-state index in [1.165, 1.54) is 17.7 Å². The number of aromatic nitrogens is 3. The summed E-state index contributed by atoms with van der Waals surface area (Å²) in [5.74, 6) is 0.634. The highest BCUT2D eigenvalue weighted by Gasteiger charge is 2.35. The number of carbonyl (C=O) groups excluding carboxylic acids is 1. The molecule has 1 unspecified atom stereocenters. The maximum Gasteiger partial charge on any atom is 0.318 e. The first-order chi connectivity index (χ1) is 19.0. The van der Waals surface area contributed by atoms with Crippen molar-refractivity contribution in [1.29, 1.82) is 0 Å². The number of hydrogen-bond acceptors (Lipinski definition) is 2. The number of fused-ring (bicyclic) bond motifs is 3. The average molecular weight is 520 g/mol. The van der Waals surface area contributed by atoms with Crippen molar-refractivity contribution >= 4 is 6.03 Å². The molecule has 0 saturated carbocycles. The summed E-state index contributed by atoms with van der Waals surface area (Å²) in [5, 5.41) is 7.98. The van der Waals surface area contributed by atoms with E-state index < -0.39 is 0 Å². The Balaban J connectivity index is 1.46. The van der Waals surface area contributed by atoms with Crippen LogP contribution in [0.25, 0.3) is 11.5 Å². The lowest BCUT2D eigenvalue weighted by atomic mass is 9.99. The quantitative estimate of drug-likeness (QED) is 0.289. The first-order valence-electron chi connectivity index (χ1n) is 13.2. The van der Waals surface area contributed by atoms with Crippen LogP contribution in [0.4, 0.5) is 9.18 Å². The molecule has 1 aliphatic rings. The number of nitrogens with zero attached hydrogens (tertiary/aromatic N) is 4. The van der Waals surface area contributed by atoms with Gasteiger partial charge in [-0.1, -0.05) is 61.5 Å². The number of para-hydroxylation sites is 1. The molecular formula is C32H30FN5O. The number of carbonyl (C=O) groups is 1. The Morgan fingerprint density at radius 1 is 0.949 bits per heavy atom. The fourth-order valence-corrected chi connectivity index (χ4v) is 5.32. The second-order valence-electron chi connectivity index (χ2n) is 9.85. The summed E-state index contributed by atoms with van der Waals surface area (Å²) in [6.45, 7) is 4.81. The highest BCUT2D eigenvalue weighted by Crippen LogP contribution is 2.38. The number of amides is 2. The Kier molecular flexibility index (Phi) is 6.49. The van der Waals surface area contributed by atoms with E-state index in [1.54, 1.807) is 12.1 Å². The van der Waals surface area contributed by atoms with Gasteiger partial charge in [-0.05, 0) is 66.4 Å². The van der Waals surface area contributed by atoms with E-state index in [9.17, 15) is 9.18 Å². The van der Waals surface area contributed by atoms with Crippen LogP contribution < -0.4 is 5.32 Å². The van der Waals surface area contributed by atoms with Gasteiger partial charge in [0.15, 0.2) is 0 Å². The van der Waals surface area contributed by atoms with Crippen molar-refractivity contribution in [3.63, 3.8) is 0 Å². The molecule has 0 fully saturated rings. The molecule has 196 valence electrons. The molecule has 1 aliphatic heterocycles. The molecule has 2 amide bonds. The van der Waals surface area contributed by atoms with Crippen molar-refractivity contribution in [3.05, 3.63) is 137 Å². The fourth-order valence-electron chi connectivity index (χ4n) is 5.32. The maximum atomic E-state index is 13.9. The number of benzene rings is 3. The van der Waals surface area contributed by atoms with Gasteiger partial charge in [-0.3, -0.25) is 0 Å². The smallest absolute Gasteiger partial charge is 0.318 e. The van der Waals surface area contributed by atoms with Crippen LogP contribution in [0.5, 0.6) is 0 Å². The monoisotopic (exact) mass is 519 g/mol. The van der Waals surface area contributed by atoms with Crippen molar-refractivity contribution in [1.82, 2.24) is 24.6 Å². The number of halogens is 1. The predicted molar refractivity (Wildman–Crippen MR) is 149 cm³/mol. The highest BCUT2D eigenvalue weighted by molar-refractivity contribution is 5.76. The summed E-state index contributed by atoms with van der Waals surface area (Å²) in [4.78, 5) is 15.8. The van der Waals surface area contributed by atoms with Crippen LogP contribution in [0.3, 0.4) is 0 Å². The summed E-state index contributed by atoms with van der Waals surface area (Å²) in [6.07, 6.45) is 2.99. The van der Waals surface area contributed by atoms with E-state index in [1.807, 2.05) is 59.1 Å². The van der Waals surface area contributed by atoms with Gasteiger partial charge in [0.1, 0.15) is 11.6 Å². The Bertz CT molecular complexity index is 1600. The Hall–Kier alpha value is -4.65. The maximum absolute atomic E-state index is 13.9. The number of nitrogens with one attached hydrogen (secondary N) is 1.